The van der Waals surface area contributed by atoms with E-state index in [1.807, 2.05) is 38.3 Å². The number of thiophene rings is 1. The van der Waals surface area contributed by atoms with E-state index in [4.69, 9.17) is 4.74 Å². The molecule has 4 rings (SSSR count). The molecule has 7 nitrogen and oxygen atoms in total. The molecule has 0 unspecified atom stereocenters. The molecule has 1 aromatic carbocycles. The van der Waals surface area contributed by atoms with Gasteiger partial charge in [-0.25, -0.2) is 9.40 Å². The van der Waals surface area contributed by atoms with Gasteiger partial charge >= 0.3 is 0 Å². The lowest BCUT2D eigenvalue weighted by atomic mass is 9.91. The average Bonchev–Trinajstić information content (AvgIpc) is 3.51. The molecule has 9 heteroatoms. The van der Waals surface area contributed by atoms with Crippen molar-refractivity contribution in [1.29, 1.82) is 0 Å². The van der Waals surface area contributed by atoms with E-state index in [0.29, 0.717) is 50.4 Å². The zero-order valence-electron chi connectivity index (χ0n) is 21.3. The molecule has 1 fully saturated rings. The Bertz CT molecular complexity index is 1080. The summed E-state index contributed by atoms with van der Waals surface area (Å²) in [6, 6.07) is 10.1. The van der Waals surface area contributed by atoms with Crippen molar-refractivity contribution in [3.8, 4) is 0 Å². The van der Waals surface area contributed by atoms with Gasteiger partial charge in [0.1, 0.15) is 12.4 Å². The highest BCUT2D eigenvalue weighted by Gasteiger charge is 2.36. The van der Waals surface area contributed by atoms with Gasteiger partial charge < -0.3 is 9.64 Å². The lowest BCUT2D eigenvalue weighted by Crippen LogP contribution is -2.47. The van der Waals surface area contributed by atoms with E-state index >= 15 is 0 Å². The third-order valence-electron chi connectivity index (χ3n) is 6.37. The Kier molecular flexibility index (Phi) is 8.54. The fourth-order valence-corrected chi connectivity index (χ4v) is 5.29. The van der Waals surface area contributed by atoms with Gasteiger partial charge in [-0.15, -0.1) is 11.3 Å². The number of ether oxygens (including phenoxy) is 1. The van der Waals surface area contributed by atoms with E-state index < -0.39 is 0 Å². The van der Waals surface area contributed by atoms with Crippen molar-refractivity contribution in [2.45, 2.75) is 39.7 Å². The molecule has 0 radical (unpaired) electrons. The molecule has 0 saturated carbocycles. The van der Waals surface area contributed by atoms with Crippen LogP contribution in [0.5, 0.6) is 0 Å². The number of hydrogen-bond acceptors (Lipinski definition) is 6. The third-order valence-corrected chi connectivity index (χ3v) is 7.35. The van der Waals surface area contributed by atoms with Gasteiger partial charge in [0.2, 0.25) is 5.91 Å². The van der Waals surface area contributed by atoms with Crippen molar-refractivity contribution < 1.29 is 18.7 Å². The molecule has 0 spiro atoms. The Morgan fingerprint density at radius 3 is 2.58 bits per heavy atom. The van der Waals surface area contributed by atoms with Crippen molar-refractivity contribution in [2.24, 2.45) is 10.5 Å². The monoisotopic (exact) mass is 514 g/mol. The van der Waals surface area contributed by atoms with Gasteiger partial charge in [-0.2, -0.15) is 5.10 Å². The van der Waals surface area contributed by atoms with Crippen molar-refractivity contribution >= 4 is 28.9 Å². The highest BCUT2D eigenvalue weighted by molar-refractivity contribution is 7.10. The number of rotatable bonds is 8. The average molecular weight is 515 g/mol. The molecule has 2 aliphatic rings. The van der Waals surface area contributed by atoms with Crippen molar-refractivity contribution in [3.05, 3.63) is 58.0 Å². The van der Waals surface area contributed by atoms with Crippen LogP contribution in [0.1, 0.15) is 50.1 Å². The zero-order chi connectivity index (χ0) is 25.7. The predicted octanol–water partition coefficient (Wildman–Crippen LogP) is 4.16. The van der Waals surface area contributed by atoms with E-state index in [1.165, 1.54) is 11.1 Å². The Morgan fingerprint density at radius 2 is 1.92 bits per heavy atom. The quantitative estimate of drug-likeness (QED) is 0.531. The van der Waals surface area contributed by atoms with Gasteiger partial charge in [-0.1, -0.05) is 45.0 Å². The summed E-state index contributed by atoms with van der Waals surface area (Å²) in [7, 11) is 0. The van der Waals surface area contributed by atoms with Crippen LogP contribution >= 0.6 is 11.3 Å². The molecule has 0 N–H and O–H groups in total. The highest BCUT2D eigenvalue weighted by atomic mass is 32.1. The molecule has 1 saturated heterocycles. The molecule has 2 amide bonds. The SMILES string of the molecule is CC(C)(C)CC(=O)N(CCN1CCOCC1)CC(=O)N1N=C(c2ccccc2F)C[C@H]1c1cccs1. The van der Waals surface area contributed by atoms with Crippen LogP contribution in [0.25, 0.3) is 0 Å². The second-order valence-corrected chi connectivity index (χ2v) is 11.5. The fraction of sp³-hybridized carbons (Fsp3) is 0.519. The lowest BCUT2D eigenvalue weighted by Gasteiger charge is -2.32. The van der Waals surface area contributed by atoms with Crippen LogP contribution in [0.3, 0.4) is 0 Å². The number of halogens is 1. The first kappa shape index (κ1) is 26.4. The maximum absolute atomic E-state index is 14.5. The highest BCUT2D eigenvalue weighted by Crippen LogP contribution is 2.35. The second-order valence-electron chi connectivity index (χ2n) is 10.5. The first-order chi connectivity index (χ1) is 17.2. The maximum Gasteiger partial charge on any atom is 0.262 e. The largest absolute Gasteiger partial charge is 0.379 e. The maximum atomic E-state index is 14.5. The van der Waals surface area contributed by atoms with Gasteiger partial charge in [-0.05, 0) is 22.9 Å². The summed E-state index contributed by atoms with van der Waals surface area (Å²) in [6.07, 6.45) is 0.776. The minimum Gasteiger partial charge on any atom is -0.379 e. The molecule has 3 heterocycles. The molecule has 1 aromatic heterocycles. The number of morpholine rings is 1. The standard InChI is InChI=1S/C27H35FN4O3S/c1-27(2,3)18-25(33)31(11-10-30-12-14-35-15-13-30)19-26(34)32-23(24-9-6-16-36-24)17-22(29-32)20-7-4-5-8-21(20)28/h4-9,16,23H,10-15,17-19H2,1-3H3/t23-/m0/s1. The van der Waals surface area contributed by atoms with Crippen molar-refractivity contribution in [2.75, 3.05) is 45.9 Å². The smallest absolute Gasteiger partial charge is 0.262 e. The number of benzene rings is 1. The van der Waals surface area contributed by atoms with Crippen LogP contribution in [0.2, 0.25) is 0 Å². The van der Waals surface area contributed by atoms with Gasteiger partial charge in [0, 0.05) is 49.5 Å². The molecular formula is C27H35FN4O3S. The summed E-state index contributed by atoms with van der Waals surface area (Å²) < 4.78 is 20.0. The Labute approximate surface area is 216 Å². The van der Waals surface area contributed by atoms with Crippen LogP contribution in [0.4, 0.5) is 4.39 Å². The first-order valence-corrected chi connectivity index (χ1v) is 13.3. The van der Waals surface area contributed by atoms with Crippen LogP contribution < -0.4 is 0 Å². The molecule has 2 aliphatic heterocycles. The van der Waals surface area contributed by atoms with Gasteiger partial charge in [-0.3, -0.25) is 14.5 Å². The minimum atomic E-state index is -0.358. The van der Waals surface area contributed by atoms with Gasteiger partial charge in [0.25, 0.3) is 5.91 Å². The number of carbonyl (C=O) groups is 2. The van der Waals surface area contributed by atoms with E-state index in [0.717, 1.165) is 18.0 Å². The summed E-state index contributed by atoms with van der Waals surface area (Å²) in [6.45, 7) is 10.1. The molecule has 194 valence electrons. The number of hydrogen-bond donors (Lipinski definition) is 0. The van der Waals surface area contributed by atoms with E-state index in [-0.39, 0.29) is 35.6 Å². The Balaban J connectivity index is 1.54. The minimum absolute atomic E-state index is 0.0470. The fourth-order valence-electron chi connectivity index (χ4n) is 4.48. The second kappa shape index (κ2) is 11.6. The zero-order valence-corrected chi connectivity index (χ0v) is 22.1. The summed E-state index contributed by atoms with van der Waals surface area (Å²) in [5.74, 6) is -0.666. The van der Waals surface area contributed by atoms with E-state index in [2.05, 4.69) is 10.0 Å². The lowest BCUT2D eigenvalue weighted by molar-refractivity contribution is -0.142. The van der Waals surface area contributed by atoms with Crippen LogP contribution in [0.15, 0.2) is 46.9 Å². The van der Waals surface area contributed by atoms with Gasteiger partial charge in [0.15, 0.2) is 0 Å². The number of carbonyl (C=O) groups excluding carboxylic acids is 2. The predicted molar refractivity (Wildman–Crippen MR) is 139 cm³/mol. The van der Waals surface area contributed by atoms with Crippen LogP contribution in [-0.4, -0.2) is 78.3 Å². The summed E-state index contributed by atoms with van der Waals surface area (Å²) >= 11 is 1.54. The normalized spacial score (nSPS) is 18.8. The summed E-state index contributed by atoms with van der Waals surface area (Å²) in [5.41, 5.74) is 0.753. The van der Waals surface area contributed by atoms with Crippen molar-refractivity contribution in [1.82, 2.24) is 14.8 Å². The molecule has 0 bridgehead atoms. The van der Waals surface area contributed by atoms with Crippen LogP contribution in [-0.2, 0) is 14.3 Å². The molecule has 1 atom stereocenters. The van der Waals surface area contributed by atoms with Crippen molar-refractivity contribution in [3.63, 3.8) is 0 Å². The number of nitrogens with zero attached hydrogens (tertiary/aromatic N) is 4. The van der Waals surface area contributed by atoms with Crippen LogP contribution in [0, 0.1) is 11.2 Å². The number of amides is 2. The van der Waals surface area contributed by atoms with E-state index in [1.54, 1.807) is 34.4 Å². The molecule has 36 heavy (non-hydrogen) atoms. The summed E-state index contributed by atoms with van der Waals surface area (Å²) in [4.78, 5) is 31.8. The van der Waals surface area contributed by atoms with E-state index in [9.17, 15) is 14.0 Å². The first-order valence-electron chi connectivity index (χ1n) is 12.5. The summed E-state index contributed by atoms with van der Waals surface area (Å²) in [5, 5.41) is 8.01. The Hall–Kier alpha value is -2.62. The molecule has 2 aromatic rings. The topological polar surface area (TPSA) is 65.5 Å². The molecular weight excluding hydrogens is 479 g/mol. The number of hydrazone groups is 1. The Morgan fingerprint density at radius 1 is 1.17 bits per heavy atom. The third kappa shape index (κ3) is 6.78. The van der Waals surface area contributed by atoms with Gasteiger partial charge in [0.05, 0.1) is 25.0 Å². The molecule has 0 aliphatic carbocycles.